The van der Waals surface area contributed by atoms with Crippen molar-refractivity contribution in [2.75, 3.05) is 6.54 Å². The number of nitrogens with one attached hydrogen (secondary N) is 1. The first-order chi connectivity index (χ1) is 10.1. The van der Waals surface area contributed by atoms with Gasteiger partial charge in [0.1, 0.15) is 5.75 Å². The predicted octanol–water partition coefficient (Wildman–Crippen LogP) is 2.50. The van der Waals surface area contributed by atoms with Gasteiger partial charge in [-0.3, -0.25) is 0 Å². The molecule has 3 N–H and O–H groups in total. The number of benzene rings is 1. The van der Waals surface area contributed by atoms with Crippen LogP contribution in [0, 0.1) is 0 Å². The molecule has 0 fully saturated rings. The third-order valence-corrected chi connectivity index (χ3v) is 5.70. The van der Waals surface area contributed by atoms with E-state index in [-0.39, 0.29) is 4.21 Å². The van der Waals surface area contributed by atoms with Crippen molar-refractivity contribution in [2.45, 2.75) is 10.6 Å². The van der Waals surface area contributed by atoms with Gasteiger partial charge in [-0.2, -0.15) is 8.42 Å². The normalized spacial score (nSPS) is 11.9. The second-order valence-corrected chi connectivity index (χ2v) is 7.25. The molecule has 0 atom stereocenters. The van der Waals surface area contributed by atoms with E-state index in [4.69, 9.17) is 9.92 Å². The van der Waals surface area contributed by atoms with Crippen molar-refractivity contribution in [3.63, 3.8) is 0 Å². The molecule has 0 aliphatic carbocycles. The van der Waals surface area contributed by atoms with Gasteiger partial charge in [-0.25, -0.2) is 0 Å². The summed E-state index contributed by atoms with van der Waals surface area (Å²) in [5.41, 5.74) is 7.55. The Morgan fingerprint density at radius 1 is 1.29 bits per heavy atom. The van der Waals surface area contributed by atoms with Gasteiger partial charge in [-0.1, -0.05) is 6.07 Å². The molecule has 7 heteroatoms. The summed E-state index contributed by atoms with van der Waals surface area (Å²) < 4.78 is 29.6. The molecule has 0 bridgehead atoms. The van der Waals surface area contributed by atoms with Gasteiger partial charge in [0.15, 0.2) is 4.21 Å². The lowest BCUT2D eigenvalue weighted by atomic mass is 10.1. The van der Waals surface area contributed by atoms with Crippen LogP contribution in [0.4, 0.5) is 0 Å². The van der Waals surface area contributed by atoms with Crippen LogP contribution in [0.15, 0.2) is 46.1 Å². The fourth-order valence-electron chi connectivity index (χ4n) is 2.15. The van der Waals surface area contributed by atoms with Crippen molar-refractivity contribution in [3.8, 4) is 5.75 Å². The predicted molar refractivity (Wildman–Crippen MR) is 83.2 cm³/mol. The number of hydrogen-bond donors (Lipinski definition) is 2. The van der Waals surface area contributed by atoms with Crippen molar-refractivity contribution in [1.82, 2.24) is 4.98 Å². The second-order valence-electron chi connectivity index (χ2n) is 4.53. The van der Waals surface area contributed by atoms with Crippen LogP contribution in [0.5, 0.6) is 5.75 Å². The Morgan fingerprint density at radius 2 is 2.14 bits per heavy atom. The Balaban J connectivity index is 1.96. The fraction of sp³-hybridized carbons (Fsp3) is 0.143. The summed E-state index contributed by atoms with van der Waals surface area (Å²) in [6.45, 7) is 0.533. The van der Waals surface area contributed by atoms with Gasteiger partial charge in [0.2, 0.25) is 0 Å². The minimum atomic E-state index is -3.76. The van der Waals surface area contributed by atoms with E-state index in [1.807, 2.05) is 6.20 Å². The van der Waals surface area contributed by atoms with E-state index in [0.717, 1.165) is 34.2 Å². The van der Waals surface area contributed by atoms with Crippen molar-refractivity contribution in [2.24, 2.45) is 5.73 Å². The molecule has 0 aliphatic heterocycles. The van der Waals surface area contributed by atoms with Crippen LogP contribution in [0.1, 0.15) is 5.56 Å². The lowest BCUT2D eigenvalue weighted by Gasteiger charge is -2.05. The highest BCUT2D eigenvalue weighted by Crippen LogP contribution is 2.27. The number of H-pyrrole nitrogens is 1. The molecule has 0 radical (unpaired) electrons. The summed E-state index contributed by atoms with van der Waals surface area (Å²) in [4.78, 5) is 3.13. The number of aromatic nitrogens is 1. The van der Waals surface area contributed by atoms with Gasteiger partial charge in [-0.15, -0.1) is 11.3 Å². The molecular weight excluding hydrogens is 308 g/mol. The molecule has 5 nitrogen and oxygen atoms in total. The number of fused-ring (bicyclic) bond motifs is 1. The number of thiophene rings is 1. The van der Waals surface area contributed by atoms with Crippen LogP contribution in [0.25, 0.3) is 10.9 Å². The summed E-state index contributed by atoms with van der Waals surface area (Å²) in [7, 11) is -3.76. The molecule has 3 rings (SSSR count). The van der Waals surface area contributed by atoms with Crippen molar-refractivity contribution >= 4 is 32.4 Å². The van der Waals surface area contributed by atoms with E-state index < -0.39 is 10.1 Å². The topological polar surface area (TPSA) is 85.2 Å². The van der Waals surface area contributed by atoms with Gasteiger partial charge in [0, 0.05) is 17.1 Å². The summed E-state index contributed by atoms with van der Waals surface area (Å²) in [5.74, 6) is 0.300. The molecule has 21 heavy (non-hydrogen) atoms. The largest absolute Gasteiger partial charge is 0.378 e. The smallest absolute Gasteiger partial charge is 0.348 e. The van der Waals surface area contributed by atoms with E-state index in [2.05, 4.69) is 4.98 Å². The Kier molecular flexibility index (Phi) is 3.71. The molecule has 0 spiro atoms. The SMILES string of the molecule is NCCc1c[nH]c2ccc(OS(=O)(=O)c3cccs3)cc12. The van der Waals surface area contributed by atoms with Gasteiger partial charge >= 0.3 is 10.1 Å². The van der Waals surface area contributed by atoms with Gasteiger partial charge in [0.25, 0.3) is 0 Å². The minimum Gasteiger partial charge on any atom is -0.378 e. The highest BCUT2D eigenvalue weighted by molar-refractivity contribution is 7.89. The first-order valence-corrected chi connectivity index (χ1v) is 8.67. The monoisotopic (exact) mass is 322 g/mol. The van der Waals surface area contributed by atoms with E-state index in [1.165, 1.54) is 6.07 Å². The molecule has 3 aromatic rings. The molecule has 110 valence electrons. The average Bonchev–Trinajstić information content (AvgIpc) is 3.09. The molecule has 0 saturated heterocycles. The number of nitrogens with two attached hydrogens (primary N) is 1. The summed E-state index contributed by atoms with van der Waals surface area (Å²) in [6, 6.07) is 8.36. The third-order valence-electron chi connectivity index (χ3n) is 3.10. The molecule has 0 aliphatic rings. The van der Waals surface area contributed by atoms with Crippen LogP contribution in [-0.2, 0) is 16.5 Å². The minimum absolute atomic E-state index is 0.193. The maximum Gasteiger partial charge on any atom is 0.348 e. The number of hydrogen-bond acceptors (Lipinski definition) is 5. The molecule has 0 amide bonds. The second kappa shape index (κ2) is 5.51. The zero-order valence-corrected chi connectivity index (χ0v) is 12.7. The Morgan fingerprint density at radius 3 is 2.86 bits per heavy atom. The van der Waals surface area contributed by atoms with E-state index >= 15 is 0 Å². The highest BCUT2D eigenvalue weighted by Gasteiger charge is 2.18. The fourth-order valence-corrected chi connectivity index (χ4v) is 4.02. The van der Waals surface area contributed by atoms with Crippen LogP contribution in [-0.4, -0.2) is 19.9 Å². The first-order valence-electron chi connectivity index (χ1n) is 6.38. The number of aromatic amines is 1. The molecule has 1 aromatic carbocycles. The Bertz CT molecular complexity index is 852. The maximum absolute atomic E-state index is 12.1. The van der Waals surface area contributed by atoms with Crippen molar-refractivity contribution in [1.29, 1.82) is 0 Å². The van der Waals surface area contributed by atoms with Crippen LogP contribution in [0.3, 0.4) is 0 Å². The summed E-state index contributed by atoms with van der Waals surface area (Å²) in [5, 5.41) is 2.63. The lowest BCUT2D eigenvalue weighted by Crippen LogP contribution is -2.07. The standard InChI is InChI=1S/C14H14N2O3S2/c15-6-5-10-9-16-13-4-3-11(8-12(10)13)19-21(17,18)14-2-1-7-20-14/h1-4,7-9,16H,5-6,15H2. The highest BCUT2D eigenvalue weighted by atomic mass is 32.3. The molecule has 2 heterocycles. The summed E-state index contributed by atoms with van der Waals surface area (Å²) in [6.07, 6.45) is 2.61. The van der Waals surface area contributed by atoms with Gasteiger partial charge in [-0.05, 0) is 48.2 Å². The Labute approximate surface area is 126 Å². The van der Waals surface area contributed by atoms with Crippen LogP contribution < -0.4 is 9.92 Å². The quantitative estimate of drug-likeness (QED) is 0.707. The van der Waals surface area contributed by atoms with Crippen molar-refractivity contribution < 1.29 is 12.6 Å². The zero-order valence-electron chi connectivity index (χ0n) is 11.1. The lowest BCUT2D eigenvalue weighted by molar-refractivity contribution is 0.488. The molecule has 0 saturated carbocycles. The third kappa shape index (κ3) is 2.80. The van der Waals surface area contributed by atoms with Crippen molar-refractivity contribution in [3.05, 3.63) is 47.5 Å². The zero-order chi connectivity index (χ0) is 14.9. The van der Waals surface area contributed by atoms with Gasteiger partial charge in [0.05, 0.1) is 0 Å². The molecule has 2 aromatic heterocycles. The first kappa shape index (κ1) is 14.1. The Hall–Kier alpha value is -1.83. The number of rotatable bonds is 5. The van der Waals surface area contributed by atoms with Crippen LogP contribution in [0.2, 0.25) is 0 Å². The van der Waals surface area contributed by atoms with E-state index in [9.17, 15) is 8.42 Å². The van der Waals surface area contributed by atoms with E-state index in [1.54, 1.807) is 29.6 Å². The summed E-state index contributed by atoms with van der Waals surface area (Å²) >= 11 is 1.13. The van der Waals surface area contributed by atoms with Gasteiger partial charge < -0.3 is 14.9 Å². The molecular formula is C14H14N2O3S2. The maximum atomic E-state index is 12.1. The van der Waals surface area contributed by atoms with Crippen LogP contribution >= 0.6 is 11.3 Å². The molecule has 0 unspecified atom stereocenters. The van der Waals surface area contributed by atoms with E-state index in [0.29, 0.717) is 12.3 Å². The average molecular weight is 322 g/mol.